The van der Waals surface area contributed by atoms with Crippen LogP contribution in [0.15, 0.2) is 27.8 Å². The van der Waals surface area contributed by atoms with Crippen LogP contribution in [0.4, 0.5) is 0 Å². The Kier molecular flexibility index (Phi) is 8.75. The van der Waals surface area contributed by atoms with Crippen LogP contribution < -0.4 is 10.6 Å². The summed E-state index contributed by atoms with van der Waals surface area (Å²) in [5.74, 6) is 2.43. The first-order chi connectivity index (χ1) is 9.74. The molecule has 1 aliphatic heterocycles. The second kappa shape index (κ2) is 10.0. The van der Waals surface area contributed by atoms with Gasteiger partial charge in [0.1, 0.15) is 5.76 Å². The Morgan fingerprint density at radius 2 is 2.33 bits per heavy atom. The molecule has 1 fully saturated rings. The zero-order chi connectivity index (χ0) is 14.2. The van der Waals surface area contributed by atoms with Gasteiger partial charge in [0.05, 0.1) is 12.9 Å². The van der Waals surface area contributed by atoms with Gasteiger partial charge in [-0.2, -0.15) is 0 Å². The molecule has 21 heavy (non-hydrogen) atoms. The normalized spacial score (nSPS) is 18.6. The molecule has 5 nitrogen and oxygen atoms in total. The Labute approximate surface area is 143 Å². The fraction of sp³-hybridized carbons (Fsp3) is 0.667. The van der Waals surface area contributed by atoms with Crippen molar-refractivity contribution < 1.29 is 9.15 Å². The van der Waals surface area contributed by atoms with Crippen molar-refractivity contribution in [2.24, 2.45) is 10.9 Å². The molecule has 1 atom stereocenters. The molecule has 0 amide bonds. The quantitative estimate of drug-likeness (QED) is 0.432. The standard InChI is InChI=1S/C15H25N3O2.HI/c1-12(2)18-15(17-10-13-6-9-19-11-13)16-7-5-14-4-3-8-20-14;/h3-4,8,12-13H,5-7,9-11H2,1-2H3,(H2,16,17,18);1H. The molecule has 0 aromatic carbocycles. The zero-order valence-electron chi connectivity index (χ0n) is 12.8. The van der Waals surface area contributed by atoms with E-state index in [0.717, 1.165) is 50.9 Å². The van der Waals surface area contributed by atoms with Gasteiger partial charge in [-0.05, 0) is 32.4 Å². The predicted molar refractivity (Wildman–Crippen MR) is 95.3 cm³/mol. The molecular weight excluding hydrogens is 381 g/mol. The van der Waals surface area contributed by atoms with Gasteiger partial charge in [-0.25, -0.2) is 0 Å². The molecule has 1 aliphatic rings. The van der Waals surface area contributed by atoms with Crippen LogP contribution in [-0.4, -0.2) is 38.3 Å². The minimum atomic E-state index is 0. The fourth-order valence-corrected chi connectivity index (χ4v) is 2.13. The molecule has 2 N–H and O–H groups in total. The van der Waals surface area contributed by atoms with Crippen molar-refractivity contribution in [2.75, 3.05) is 26.3 Å². The lowest BCUT2D eigenvalue weighted by atomic mass is 10.1. The molecular formula is C15H26IN3O2. The number of nitrogens with one attached hydrogen (secondary N) is 2. The second-order valence-electron chi connectivity index (χ2n) is 5.47. The van der Waals surface area contributed by atoms with Gasteiger partial charge in [0.25, 0.3) is 0 Å². The molecule has 0 bridgehead atoms. The number of nitrogens with zero attached hydrogens (tertiary/aromatic N) is 1. The number of guanidine groups is 1. The van der Waals surface area contributed by atoms with Gasteiger partial charge in [0.2, 0.25) is 0 Å². The molecule has 120 valence electrons. The van der Waals surface area contributed by atoms with E-state index in [1.807, 2.05) is 12.1 Å². The van der Waals surface area contributed by atoms with Crippen LogP contribution in [0.1, 0.15) is 26.0 Å². The minimum Gasteiger partial charge on any atom is -0.469 e. The molecule has 2 rings (SSSR count). The van der Waals surface area contributed by atoms with Crippen molar-refractivity contribution in [3.8, 4) is 0 Å². The van der Waals surface area contributed by atoms with Gasteiger partial charge in [-0.15, -0.1) is 24.0 Å². The van der Waals surface area contributed by atoms with Crippen molar-refractivity contribution >= 4 is 29.9 Å². The number of halogens is 1. The predicted octanol–water partition coefficient (Wildman–Crippen LogP) is 2.42. The largest absolute Gasteiger partial charge is 0.469 e. The Morgan fingerprint density at radius 3 is 2.95 bits per heavy atom. The average Bonchev–Trinajstić information content (AvgIpc) is 3.08. The number of aliphatic imine (C=N–C) groups is 1. The van der Waals surface area contributed by atoms with Crippen molar-refractivity contribution in [1.29, 1.82) is 0 Å². The monoisotopic (exact) mass is 407 g/mol. The van der Waals surface area contributed by atoms with Crippen LogP contribution in [0.3, 0.4) is 0 Å². The summed E-state index contributed by atoms with van der Waals surface area (Å²) in [6.45, 7) is 7.57. The Bertz CT molecular complexity index is 401. The van der Waals surface area contributed by atoms with Crippen LogP contribution in [0.2, 0.25) is 0 Å². The molecule has 0 saturated carbocycles. The van der Waals surface area contributed by atoms with Gasteiger partial charge >= 0.3 is 0 Å². The highest BCUT2D eigenvalue weighted by molar-refractivity contribution is 14.0. The number of hydrogen-bond donors (Lipinski definition) is 2. The maximum absolute atomic E-state index is 5.38. The van der Waals surface area contributed by atoms with E-state index in [4.69, 9.17) is 9.15 Å². The molecule has 1 aromatic heterocycles. The zero-order valence-corrected chi connectivity index (χ0v) is 15.1. The summed E-state index contributed by atoms with van der Waals surface area (Å²) in [6, 6.07) is 4.27. The smallest absolute Gasteiger partial charge is 0.191 e. The van der Waals surface area contributed by atoms with Crippen LogP contribution in [0, 0.1) is 5.92 Å². The Balaban J connectivity index is 0.00000220. The summed E-state index contributed by atoms with van der Waals surface area (Å²) in [6.07, 6.45) is 3.68. The highest BCUT2D eigenvalue weighted by Gasteiger charge is 2.15. The topological polar surface area (TPSA) is 58.8 Å². The molecule has 0 spiro atoms. The number of hydrogen-bond acceptors (Lipinski definition) is 3. The first kappa shape index (κ1) is 18.3. The third-order valence-electron chi connectivity index (χ3n) is 3.20. The SMILES string of the molecule is CC(C)NC(=NCC1CCOC1)NCCc1ccco1.I. The molecule has 0 radical (unpaired) electrons. The van der Waals surface area contributed by atoms with Gasteiger partial charge < -0.3 is 19.8 Å². The summed E-state index contributed by atoms with van der Waals surface area (Å²) in [4.78, 5) is 4.65. The summed E-state index contributed by atoms with van der Waals surface area (Å²) in [7, 11) is 0. The maximum atomic E-state index is 5.38. The van der Waals surface area contributed by atoms with Crippen LogP contribution in [-0.2, 0) is 11.2 Å². The lowest BCUT2D eigenvalue weighted by Gasteiger charge is -2.15. The highest BCUT2D eigenvalue weighted by atomic mass is 127. The Morgan fingerprint density at radius 1 is 1.48 bits per heavy atom. The fourth-order valence-electron chi connectivity index (χ4n) is 2.13. The summed E-state index contributed by atoms with van der Waals surface area (Å²) >= 11 is 0. The lowest BCUT2D eigenvalue weighted by Crippen LogP contribution is -2.42. The average molecular weight is 407 g/mol. The number of furan rings is 1. The van der Waals surface area contributed by atoms with E-state index in [0.29, 0.717) is 12.0 Å². The van der Waals surface area contributed by atoms with E-state index in [-0.39, 0.29) is 24.0 Å². The minimum absolute atomic E-state index is 0. The van der Waals surface area contributed by atoms with Crippen molar-refractivity contribution in [1.82, 2.24) is 10.6 Å². The summed E-state index contributed by atoms with van der Waals surface area (Å²) in [5.41, 5.74) is 0. The van der Waals surface area contributed by atoms with E-state index in [9.17, 15) is 0 Å². The van der Waals surface area contributed by atoms with Crippen molar-refractivity contribution in [3.05, 3.63) is 24.2 Å². The summed E-state index contributed by atoms with van der Waals surface area (Å²) < 4.78 is 10.7. The van der Waals surface area contributed by atoms with E-state index in [2.05, 4.69) is 29.5 Å². The summed E-state index contributed by atoms with van der Waals surface area (Å²) in [5, 5.41) is 6.70. The van der Waals surface area contributed by atoms with Crippen LogP contribution in [0.5, 0.6) is 0 Å². The molecule has 1 saturated heterocycles. The third-order valence-corrected chi connectivity index (χ3v) is 3.20. The Hall–Kier alpha value is -0.760. The second-order valence-corrected chi connectivity index (χ2v) is 5.47. The molecule has 1 aromatic rings. The van der Waals surface area contributed by atoms with Crippen molar-refractivity contribution in [2.45, 2.75) is 32.7 Å². The molecule has 0 aliphatic carbocycles. The lowest BCUT2D eigenvalue weighted by molar-refractivity contribution is 0.187. The van der Waals surface area contributed by atoms with Gasteiger partial charge in [0.15, 0.2) is 5.96 Å². The van der Waals surface area contributed by atoms with Gasteiger partial charge in [-0.3, -0.25) is 4.99 Å². The van der Waals surface area contributed by atoms with E-state index >= 15 is 0 Å². The first-order valence-corrected chi connectivity index (χ1v) is 7.39. The number of ether oxygens (including phenoxy) is 1. The van der Waals surface area contributed by atoms with Crippen LogP contribution in [0.25, 0.3) is 0 Å². The van der Waals surface area contributed by atoms with Gasteiger partial charge in [-0.1, -0.05) is 0 Å². The van der Waals surface area contributed by atoms with Crippen LogP contribution >= 0.6 is 24.0 Å². The van der Waals surface area contributed by atoms with E-state index < -0.39 is 0 Å². The molecule has 2 heterocycles. The first-order valence-electron chi connectivity index (χ1n) is 7.39. The van der Waals surface area contributed by atoms with E-state index in [1.165, 1.54) is 0 Å². The highest BCUT2D eigenvalue weighted by Crippen LogP contribution is 2.12. The maximum Gasteiger partial charge on any atom is 0.191 e. The molecule has 6 heteroatoms. The molecule has 1 unspecified atom stereocenters. The van der Waals surface area contributed by atoms with E-state index in [1.54, 1.807) is 6.26 Å². The number of rotatable bonds is 6. The third kappa shape index (κ3) is 7.17. The van der Waals surface area contributed by atoms with Crippen molar-refractivity contribution in [3.63, 3.8) is 0 Å². The van der Waals surface area contributed by atoms with Gasteiger partial charge in [0, 0.05) is 38.1 Å².